The Morgan fingerprint density at radius 3 is 2.56 bits per heavy atom. The van der Waals surface area contributed by atoms with Crippen LogP contribution in [0.3, 0.4) is 0 Å². The lowest BCUT2D eigenvalue weighted by atomic mass is 9.85. The van der Waals surface area contributed by atoms with Gasteiger partial charge in [-0.15, -0.1) is 0 Å². The average molecular weight is 582 g/mol. The topological polar surface area (TPSA) is 109 Å². The van der Waals surface area contributed by atoms with Gasteiger partial charge >= 0.3 is 5.97 Å². The van der Waals surface area contributed by atoms with Gasteiger partial charge in [-0.1, -0.05) is 75.6 Å². The number of aromatic nitrogens is 3. The number of amides is 1. The fraction of sp³-hybridized carbons (Fsp3) is 0.548. The molecule has 2 N–H and O–H groups in total. The highest BCUT2D eigenvalue weighted by Crippen LogP contribution is 2.30. The van der Waals surface area contributed by atoms with Crippen LogP contribution in [0.4, 0.5) is 5.82 Å². The number of anilines is 1. The van der Waals surface area contributed by atoms with Crippen molar-refractivity contribution < 1.29 is 14.7 Å². The van der Waals surface area contributed by atoms with E-state index in [2.05, 4.69) is 12.2 Å². The molecule has 0 radical (unpaired) electrons. The summed E-state index contributed by atoms with van der Waals surface area (Å²) in [4.78, 5) is 45.9. The summed E-state index contributed by atoms with van der Waals surface area (Å²) in [6.07, 6.45) is 12.0. The van der Waals surface area contributed by atoms with Crippen molar-refractivity contribution >= 4 is 35.1 Å². The van der Waals surface area contributed by atoms with Gasteiger partial charge in [0.15, 0.2) is 0 Å². The molecule has 3 aromatic rings. The van der Waals surface area contributed by atoms with Crippen molar-refractivity contribution in [3.8, 4) is 11.3 Å². The fourth-order valence-corrected chi connectivity index (χ4v) is 6.50. The first kappa shape index (κ1) is 29.2. The molecule has 1 amide bonds. The molecular formula is C31H40ClN5O4. The molecule has 1 aliphatic heterocycles. The summed E-state index contributed by atoms with van der Waals surface area (Å²) in [5.74, 6) is 0.233. The third-order valence-corrected chi connectivity index (χ3v) is 8.83. The maximum Gasteiger partial charge on any atom is 0.326 e. The number of halogens is 1. The predicted molar refractivity (Wildman–Crippen MR) is 161 cm³/mol. The second-order valence-electron chi connectivity index (χ2n) is 11.5. The zero-order chi connectivity index (χ0) is 28.9. The lowest BCUT2D eigenvalue weighted by molar-refractivity contribution is -0.142. The number of rotatable bonds is 11. The van der Waals surface area contributed by atoms with Crippen molar-refractivity contribution in [1.82, 2.24) is 19.3 Å². The third kappa shape index (κ3) is 6.61. The van der Waals surface area contributed by atoms with E-state index in [1.54, 1.807) is 28.8 Å². The van der Waals surface area contributed by atoms with E-state index in [0.29, 0.717) is 54.2 Å². The number of carbonyl (C=O) groups excluding carboxylic acids is 1. The van der Waals surface area contributed by atoms with Crippen molar-refractivity contribution in [3.63, 3.8) is 0 Å². The summed E-state index contributed by atoms with van der Waals surface area (Å²) in [5, 5.41) is 13.4. The molecule has 5 rings (SSSR count). The van der Waals surface area contributed by atoms with E-state index in [9.17, 15) is 19.5 Å². The Kier molecular flexibility index (Phi) is 9.32. The summed E-state index contributed by atoms with van der Waals surface area (Å²) in [6.45, 7) is 3.39. The Balaban J connectivity index is 1.46. The number of carbonyl (C=O) groups is 2. The van der Waals surface area contributed by atoms with Gasteiger partial charge in [-0.05, 0) is 43.7 Å². The highest BCUT2D eigenvalue weighted by Gasteiger charge is 2.36. The number of carboxylic acid groups (broad SMARTS) is 1. The smallest absolute Gasteiger partial charge is 0.326 e. The number of imidazole rings is 1. The number of hydrogen-bond acceptors (Lipinski definition) is 5. The standard InChI is InChI=1S/C31H40ClN5O4/c1-2-3-7-16-36-27(19-28(38)37-20-25(34-31(36)37)22-12-14-23(32)15-13-22)35-17-8-11-26(35)29(39)33-24(30(40)41)18-21-9-5-4-6-10-21/h12-15,19-21,24,26H,2-11,16-18H2,1H3,(H,33,39)(H,40,41)/t24-,26-/m0/s1. The molecule has 2 aromatic heterocycles. The Bertz CT molecular complexity index is 1430. The number of nitrogens with zero attached hydrogens (tertiary/aromatic N) is 4. The van der Waals surface area contributed by atoms with Crippen molar-refractivity contribution in [2.24, 2.45) is 5.92 Å². The number of aryl methyl sites for hydroxylation is 1. The van der Waals surface area contributed by atoms with Gasteiger partial charge in [0.05, 0.1) is 5.69 Å². The quantitative estimate of drug-likeness (QED) is 0.289. The van der Waals surface area contributed by atoms with E-state index in [1.807, 2.05) is 21.6 Å². The first-order valence-corrected chi connectivity index (χ1v) is 15.4. The number of carboxylic acids is 1. The van der Waals surface area contributed by atoms with E-state index in [1.165, 1.54) is 6.42 Å². The van der Waals surface area contributed by atoms with Crippen LogP contribution in [0.25, 0.3) is 17.0 Å². The summed E-state index contributed by atoms with van der Waals surface area (Å²) in [6, 6.07) is 7.49. The maximum absolute atomic E-state index is 13.6. The predicted octanol–water partition coefficient (Wildman–Crippen LogP) is 5.52. The number of unbranched alkanes of at least 4 members (excludes halogenated alkanes) is 2. The van der Waals surface area contributed by atoms with E-state index < -0.39 is 18.1 Å². The number of fused-ring (bicyclic) bond motifs is 1. The van der Waals surface area contributed by atoms with Gasteiger partial charge in [0, 0.05) is 35.9 Å². The van der Waals surface area contributed by atoms with Gasteiger partial charge < -0.3 is 15.3 Å². The number of aliphatic carboxylic acids is 1. The Morgan fingerprint density at radius 2 is 1.85 bits per heavy atom. The van der Waals surface area contributed by atoms with Crippen molar-refractivity contribution in [3.05, 3.63) is 51.9 Å². The second-order valence-corrected chi connectivity index (χ2v) is 11.9. The normalized spacial score (nSPS) is 18.6. The van der Waals surface area contributed by atoms with Crippen LogP contribution >= 0.6 is 11.6 Å². The van der Waals surface area contributed by atoms with Gasteiger partial charge in [0.25, 0.3) is 5.56 Å². The molecule has 9 nitrogen and oxygen atoms in total. The van der Waals surface area contributed by atoms with Gasteiger partial charge in [-0.25, -0.2) is 9.78 Å². The van der Waals surface area contributed by atoms with E-state index in [-0.39, 0.29) is 11.5 Å². The SMILES string of the molecule is CCCCCn1c(N2CCC[C@H]2C(=O)N[C@@H](CC2CCCCC2)C(=O)O)cc(=O)n2cc(-c3ccc(Cl)cc3)nc12. The molecule has 2 aliphatic rings. The molecule has 2 atom stereocenters. The van der Waals surface area contributed by atoms with Gasteiger partial charge in [-0.2, -0.15) is 0 Å². The van der Waals surface area contributed by atoms with Crippen molar-refractivity contribution in [2.75, 3.05) is 11.4 Å². The Labute approximate surface area is 245 Å². The molecule has 10 heteroatoms. The minimum atomic E-state index is -0.988. The molecule has 0 unspecified atom stereocenters. The molecular weight excluding hydrogens is 542 g/mol. The van der Waals surface area contributed by atoms with E-state index in [0.717, 1.165) is 56.9 Å². The highest BCUT2D eigenvalue weighted by molar-refractivity contribution is 6.30. The van der Waals surface area contributed by atoms with Crippen LogP contribution in [0.2, 0.25) is 5.02 Å². The lowest BCUT2D eigenvalue weighted by Crippen LogP contribution is -2.50. The number of benzene rings is 1. The number of hydrogen-bond donors (Lipinski definition) is 2. The maximum atomic E-state index is 13.6. The molecule has 2 fully saturated rings. The molecule has 0 spiro atoms. The molecule has 1 aliphatic carbocycles. The highest BCUT2D eigenvalue weighted by atomic mass is 35.5. The van der Waals surface area contributed by atoms with Crippen LogP contribution in [0, 0.1) is 5.92 Å². The van der Waals surface area contributed by atoms with Crippen molar-refractivity contribution in [1.29, 1.82) is 0 Å². The van der Waals surface area contributed by atoms with Gasteiger partial charge in [-0.3, -0.25) is 18.6 Å². The molecule has 41 heavy (non-hydrogen) atoms. The molecule has 1 saturated carbocycles. The van der Waals surface area contributed by atoms with Crippen molar-refractivity contribution in [2.45, 2.75) is 96.2 Å². The summed E-state index contributed by atoms with van der Waals surface area (Å²) in [7, 11) is 0. The molecule has 1 aromatic carbocycles. The van der Waals surface area contributed by atoms with Crippen LogP contribution in [0.1, 0.15) is 77.6 Å². The molecule has 1 saturated heterocycles. The largest absolute Gasteiger partial charge is 0.480 e. The zero-order valence-corrected chi connectivity index (χ0v) is 24.5. The van der Waals surface area contributed by atoms with Crippen LogP contribution in [-0.4, -0.2) is 49.6 Å². The second kappa shape index (κ2) is 13.1. The first-order chi connectivity index (χ1) is 19.9. The monoisotopic (exact) mass is 581 g/mol. The minimum Gasteiger partial charge on any atom is -0.480 e. The lowest BCUT2D eigenvalue weighted by Gasteiger charge is -2.30. The summed E-state index contributed by atoms with van der Waals surface area (Å²) >= 11 is 6.08. The van der Waals surface area contributed by atoms with Gasteiger partial charge in [0.2, 0.25) is 11.7 Å². The summed E-state index contributed by atoms with van der Waals surface area (Å²) in [5.41, 5.74) is 1.30. The average Bonchev–Trinajstić information content (AvgIpc) is 3.63. The first-order valence-electron chi connectivity index (χ1n) is 15.0. The van der Waals surface area contributed by atoms with Crippen LogP contribution in [0.5, 0.6) is 0 Å². The van der Waals surface area contributed by atoms with E-state index in [4.69, 9.17) is 16.6 Å². The minimum absolute atomic E-state index is 0.221. The fourth-order valence-electron chi connectivity index (χ4n) is 6.37. The number of nitrogens with one attached hydrogen (secondary N) is 1. The Morgan fingerprint density at radius 1 is 1.10 bits per heavy atom. The van der Waals surface area contributed by atoms with Crippen LogP contribution in [0.15, 0.2) is 41.3 Å². The molecule has 220 valence electrons. The molecule has 3 heterocycles. The third-order valence-electron chi connectivity index (χ3n) is 8.58. The van der Waals surface area contributed by atoms with E-state index >= 15 is 0 Å². The van der Waals surface area contributed by atoms with Crippen LogP contribution in [-0.2, 0) is 16.1 Å². The van der Waals surface area contributed by atoms with Gasteiger partial charge in [0.1, 0.15) is 17.9 Å². The molecule has 0 bridgehead atoms. The Hall–Kier alpha value is -3.33. The van der Waals surface area contributed by atoms with Crippen LogP contribution < -0.4 is 15.8 Å². The zero-order valence-electron chi connectivity index (χ0n) is 23.7. The summed E-state index contributed by atoms with van der Waals surface area (Å²) < 4.78 is 3.61.